The minimum Gasteiger partial charge on any atom is -0.493 e. The number of ketones is 3. The largest absolute Gasteiger partial charge is 0.493 e. The Morgan fingerprint density at radius 3 is 1.41 bits per heavy atom. The molecule has 3 aromatic rings. The standard InChI is InChI=1S/2C20H29NO3.C19H27NO3/c2*1-5-13(2)8-15-12-21-7-6-14-9-19(23-3)20(24-4)10-16(14)17(21)11-18(15)22;1-12(2)7-14-11-20-6-5-13-8-18(22-3)19(23-4)9-15(13)16(20)10-17(14)21/h2*9-10,13,15,17H,5-8,11-12H2,1-4H3;8-9,12,14,16H,5-7,10-11H2,1-4H3/i2D3,3D3,4D3,5D2,6D2,7D2,8D2,9D,10D,11D2,12D2,13D,15D,17D;2D3,3D3,4D3,5D2,6D2,7D2,8D2,9D,10D,12D2,13D,17D;3D3,4D3,5D2,6D2,8D,9D,10D2,11D2,14D,16D. The van der Waals surface area contributed by atoms with Gasteiger partial charge >= 0.3 is 0 Å². The molecule has 0 aromatic heterocycles. The molecule has 6 aliphatic rings. The molecule has 0 amide bonds. The SMILES string of the molecule is [2H]c1c(OC([2H])([2H])[2H])c(OC([2H])([2H])[2H])c([2H])c2c1C([2H])([2H])C([2H])([2H])N1C([2H])([2H])C([2H])(C([2H])([2H])C([2H])(C([2H])([2H])[2H])C([2H])([2H])C)C(=O)C([2H])([2H])C21[2H].[2H]c1c(OC([2H])([2H])[2H])c(OC([2H])([2H])[2H])c([2H])c2c1C([2H])([2H])C([2H])([2H])N1C([2H])([2H])C([2H])(CC(C)C)C(=O)C([2H])([2H])C21[2H].[2H]c1c(OC([2H])([2H])[2H])c(OC([2H])([2H])[2H])c([2H])c2c1C1([2H])CC(=O)C(C([2H])([2H])C([2H])(C([2H])([2H])[2H])C([2H])([2H])C)C([2H])([2H])N1C([2H])([2H])C2([2H])[2H]. The van der Waals surface area contributed by atoms with E-state index in [2.05, 4.69) is 18.9 Å². The second-order valence-corrected chi connectivity index (χ2v) is 14.8. The molecular formula is C59H85N3O9. The van der Waals surface area contributed by atoms with Gasteiger partial charge in [0, 0.05) is 149 Å². The highest BCUT2D eigenvalue weighted by Gasteiger charge is 2.41. The van der Waals surface area contributed by atoms with Gasteiger partial charge in [0.1, 0.15) is 17.3 Å². The van der Waals surface area contributed by atoms with E-state index in [9.17, 15) is 18.5 Å². The number of carbonyl (C=O) groups is 3. The van der Waals surface area contributed by atoms with Gasteiger partial charge in [0.05, 0.1) is 79.2 Å². The second kappa shape index (κ2) is 24.4. The number of carbonyl (C=O) groups excluding carboxylic acids is 3. The van der Waals surface area contributed by atoms with Gasteiger partial charge in [-0.25, -0.2) is 0 Å². The average molecular weight is 1050 g/mol. The van der Waals surface area contributed by atoms with E-state index < -0.39 is 345 Å². The first-order valence-corrected chi connectivity index (χ1v) is 20.1. The molecule has 8 atom stereocenters. The van der Waals surface area contributed by atoms with E-state index in [1.54, 1.807) is 0 Å². The molecule has 3 saturated heterocycles. The minimum absolute atomic E-state index is 0.299. The molecule has 0 spiro atoms. The maximum atomic E-state index is 14.2. The highest BCUT2D eigenvalue weighted by Crippen LogP contribution is 2.46. The maximum absolute atomic E-state index is 14.2. The van der Waals surface area contributed by atoms with Crippen LogP contribution in [0.15, 0.2) is 36.3 Å². The van der Waals surface area contributed by atoms with E-state index in [0.29, 0.717) is 13.8 Å². The Morgan fingerprint density at radius 2 is 0.986 bits per heavy atom. The molecule has 9 rings (SSSR count). The molecule has 8 unspecified atom stereocenters. The zero-order valence-corrected chi connectivity index (χ0v) is 37.1. The first-order valence-electron chi connectivity index (χ1n) is 53.6. The first kappa shape index (κ1) is 14.6. The van der Waals surface area contributed by atoms with Gasteiger partial charge in [-0.3, -0.25) is 29.1 Å². The Morgan fingerprint density at radius 1 is 0.592 bits per heavy atom. The molecule has 12 heteroatoms. The number of benzene rings is 3. The summed E-state index contributed by atoms with van der Waals surface area (Å²) in [6.45, 7) is -28.9. The molecule has 0 aliphatic carbocycles. The van der Waals surface area contributed by atoms with Gasteiger partial charge in [0.25, 0.3) is 0 Å². The van der Waals surface area contributed by atoms with Crippen LogP contribution in [0.5, 0.6) is 34.5 Å². The summed E-state index contributed by atoms with van der Waals surface area (Å²) in [5.74, 6) is -35.0. The normalized spacial score (nSPS) is 54.7. The van der Waals surface area contributed by atoms with E-state index in [1.807, 2.05) is 0 Å². The Kier molecular flexibility index (Phi) is 5.01. The highest BCUT2D eigenvalue weighted by molar-refractivity contribution is 5.84. The monoisotopic (exact) mass is 1050 g/mol. The van der Waals surface area contributed by atoms with E-state index in [-0.39, 0.29) is 9.80 Å². The van der Waals surface area contributed by atoms with Crippen molar-refractivity contribution in [3.63, 3.8) is 0 Å². The number of methoxy groups -OCH3 is 6. The lowest BCUT2D eigenvalue weighted by molar-refractivity contribution is -0.130. The predicted molar refractivity (Wildman–Crippen MR) is 280 cm³/mol. The summed E-state index contributed by atoms with van der Waals surface area (Å²) in [4.78, 5) is 40.1. The van der Waals surface area contributed by atoms with E-state index in [1.165, 1.54) is 13.8 Å². The van der Waals surface area contributed by atoms with E-state index >= 15 is 0 Å². The van der Waals surface area contributed by atoms with Crippen LogP contribution in [0.2, 0.25) is 0 Å². The van der Waals surface area contributed by atoms with Crippen LogP contribution in [0.3, 0.4) is 0 Å². The highest BCUT2D eigenvalue weighted by atomic mass is 16.5. The summed E-state index contributed by atoms with van der Waals surface area (Å²) in [6.07, 6.45) is -38.0. The molecule has 390 valence electrons. The van der Waals surface area contributed by atoms with Crippen LogP contribution in [0.4, 0.5) is 0 Å². The fourth-order valence-electron chi connectivity index (χ4n) is 6.53. The van der Waals surface area contributed by atoms with Crippen LogP contribution in [0, 0.1) is 35.4 Å². The summed E-state index contributed by atoms with van der Waals surface area (Å²) in [7, 11) is -21.2. The van der Waals surface area contributed by atoms with Gasteiger partial charge in [-0.2, -0.15) is 0 Å². The number of hydrogen-bond acceptors (Lipinski definition) is 12. The molecule has 6 aliphatic heterocycles. The first-order chi connectivity index (χ1) is 59.8. The fourth-order valence-corrected chi connectivity index (χ4v) is 6.53. The van der Waals surface area contributed by atoms with Gasteiger partial charge in [-0.15, -0.1) is 0 Å². The van der Waals surface area contributed by atoms with Gasteiger partial charge < -0.3 is 28.4 Å². The average Bonchev–Trinajstić information content (AvgIpc) is 0.629. The lowest BCUT2D eigenvalue weighted by Gasteiger charge is -2.43. The molecule has 0 bridgehead atoms. The molecule has 0 N–H and O–H groups in total. The third-order valence-electron chi connectivity index (χ3n) is 9.78. The quantitative estimate of drug-likeness (QED) is 0.153. The zero-order valence-electron chi connectivity index (χ0n) is 104. The van der Waals surface area contributed by atoms with Crippen molar-refractivity contribution in [2.24, 2.45) is 35.4 Å². The summed E-state index contributed by atoms with van der Waals surface area (Å²) in [5.41, 5.74) is -8.69. The number of Topliss-reactive ketones (excluding diaryl/α,β-unsaturated/α-hetero) is 3. The lowest BCUT2D eigenvalue weighted by atomic mass is 9.79. The molecule has 12 nitrogen and oxygen atoms in total. The lowest BCUT2D eigenvalue weighted by Crippen LogP contribution is -2.46. The number of fused-ring (bicyclic) bond motifs is 9. The summed E-state index contributed by atoms with van der Waals surface area (Å²) < 4.78 is 581. The van der Waals surface area contributed by atoms with Crippen LogP contribution >= 0.6 is 0 Å². The Bertz CT molecular complexity index is 5300. The molecule has 0 saturated carbocycles. The van der Waals surface area contributed by atoms with Gasteiger partial charge in [-0.1, -0.05) is 54.1 Å². The van der Waals surface area contributed by atoms with Crippen molar-refractivity contribution in [1.29, 1.82) is 0 Å². The van der Waals surface area contributed by atoms with Crippen LogP contribution in [0.1, 0.15) is 236 Å². The van der Waals surface area contributed by atoms with Crippen LogP contribution in [0.25, 0.3) is 0 Å². The number of hydrogen-bond donors (Lipinski definition) is 0. The topological polar surface area (TPSA) is 116 Å². The summed E-state index contributed by atoms with van der Waals surface area (Å²) in [6, 6.07) is -20.6. The second-order valence-electron chi connectivity index (χ2n) is 14.8. The Balaban J connectivity index is 0.000000283. The van der Waals surface area contributed by atoms with Gasteiger partial charge in [-0.05, 0) is 126 Å². The van der Waals surface area contributed by atoms with Crippen LogP contribution in [-0.4, -0.2) is 113 Å². The number of ether oxygens (including phenoxy) is 6. The van der Waals surface area contributed by atoms with Crippen molar-refractivity contribution >= 4 is 17.3 Å². The van der Waals surface area contributed by atoms with Gasteiger partial charge in [0.15, 0.2) is 34.5 Å². The summed E-state index contributed by atoms with van der Waals surface area (Å²) >= 11 is 0. The molecule has 6 heterocycles. The van der Waals surface area contributed by atoms with Crippen molar-refractivity contribution in [1.82, 2.24) is 14.7 Å². The predicted octanol–water partition coefficient (Wildman–Crippen LogP) is 10.5. The molecule has 3 aromatic carbocycles. The van der Waals surface area contributed by atoms with Crippen molar-refractivity contribution < 1.29 is 135 Å². The third kappa shape index (κ3) is 12.2. The zero-order chi connectivity index (χ0) is 110. The third-order valence-corrected chi connectivity index (χ3v) is 9.78. The van der Waals surface area contributed by atoms with Crippen molar-refractivity contribution in [3.05, 3.63) is 69.6 Å². The van der Waals surface area contributed by atoms with Gasteiger partial charge in [0.2, 0.25) is 0 Å². The van der Waals surface area contributed by atoms with E-state index in [4.69, 9.17) is 97.2 Å². The maximum Gasteiger partial charge on any atom is 0.161 e. The van der Waals surface area contributed by atoms with E-state index in [0.717, 1.165) is 0 Å². The number of piperidine rings is 3. The Labute approximate surface area is 519 Å². The van der Waals surface area contributed by atoms with Crippen LogP contribution in [-0.2, 0) is 33.5 Å². The van der Waals surface area contributed by atoms with Crippen molar-refractivity contribution in [2.75, 3.05) is 81.2 Å². The fraction of sp³-hybridized carbons (Fsp3) is 0.644. The minimum atomic E-state index is -4.79. The molecular weight excluding hydrogens is 895 g/mol. The smallest absolute Gasteiger partial charge is 0.161 e. The van der Waals surface area contributed by atoms with Crippen molar-refractivity contribution in [3.8, 4) is 34.5 Å². The molecule has 0 radical (unpaired) electrons. The summed E-state index contributed by atoms with van der Waals surface area (Å²) in [5, 5.41) is 0. The Hall–Kier alpha value is -4.65. The van der Waals surface area contributed by atoms with Crippen LogP contribution < -0.4 is 28.4 Å². The molecule has 3 fully saturated rings. The number of rotatable bonds is 14. The molecule has 71 heavy (non-hydrogen) atoms. The number of nitrogens with zero attached hydrogens (tertiary/aromatic N) is 3. The van der Waals surface area contributed by atoms with Crippen molar-refractivity contribution in [2.45, 2.75) is 130 Å².